The number of hydrogen-bond donors (Lipinski definition) is 2. The number of benzene rings is 1. The van der Waals surface area contributed by atoms with E-state index in [2.05, 4.69) is 10.6 Å². The van der Waals surface area contributed by atoms with Crippen LogP contribution in [0.15, 0.2) is 24.3 Å². The molecule has 0 saturated carbocycles. The van der Waals surface area contributed by atoms with Crippen LogP contribution in [0.1, 0.15) is 40.0 Å². The monoisotopic (exact) mass is 461 g/mol. The minimum atomic E-state index is -0.996. The summed E-state index contributed by atoms with van der Waals surface area (Å²) in [6.45, 7) is 5.67. The molecule has 3 atom stereocenters. The molecular formula is C22H29BFN3O6. The van der Waals surface area contributed by atoms with Crippen LogP contribution in [-0.2, 0) is 28.5 Å². The van der Waals surface area contributed by atoms with Crippen LogP contribution >= 0.6 is 0 Å². The highest BCUT2D eigenvalue weighted by Crippen LogP contribution is 2.26. The van der Waals surface area contributed by atoms with E-state index in [0.717, 1.165) is 5.69 Å². The Bertz CT molecular complexity index is 897. The van der Waals surface area contributed by atoms with Crippen LogP contribution in [0.5, 0.6) is 0 Å². The normalized spacial score (nSPS) is 20.8. The second kappa shape index (κ2) is 10.8. The van der Waals surface area contributed by atoms with Crippen molar-refractivity contribution in [2.24, 2.45) is 5.92 Å². The van der Waals surface area contributed by atoms with Crippen molar-refractivity contribution in [1.82, 2.24) is 10.6 Å². The van der Waals surface area contributed by atoms with Crippen molar-refractivity contribution in [2.75, 3.05) is 18.0 Å². The summed E-state index contributed by atoms with van der Waals surface area (Å²) in [7, 11) is -0.996. The molecule has 178 valence electrons. The van der Waals surface area contributed by atoms with Gasteiger partial charge in [0.25, 0.3) is 0 Å². The average Bonchev–Trinajstić information content (AvgIpc) is 3.06. The lowest BCUT2D eigenvalue weighted by molar-refractivity contribution is -0.138. The Labute approximate surface area is 192 Å². The lowest BCUT2D eigenvalue weighted by Crippen LogP contribution is -2.58. The number of carbonyl (C=O) groups excluding carboxylic acids is 4. The van der Waals surface area contributed by atoms with Crippen LogP contribution in [0.2, 0.25) is 0 Å². The highest BCUT2D eigenvalue weighted by molar-refractivity contribution is 6.51. The Morgan fingerprint density at radius 1 is 1.24 bits per heavy atom. The number of rotatable bonds is 10. The van der Waals surface area contributed by atoms with Crippen LogP contribution in [0.4, 0.5) is 10.1 Å². The van der Waals surface area contributed by atoms with Gasteiger partial charge in [-0.1, -0.05) is 13.8 Å². The zero-order chi connectivity index (χ0) is 24.1. The summed E-state index contributed by atoms with van der Waals surface area (Å²) in [6.07, 6.45) is 0.0461. The van der Waals surface area contributed by atoms with E-state index in [-0.39, 0.29) is 36.4 Å². The van der Waals surface area contributed by atoms with E-state index >= 15 is 0 Å². The zero-order valence-electron chi connectivity index (χ0n) is 19.0. The maximum atomic E-state index is 13.1. The molecule has 1 aromatic rings. The first kappa shape index (κ1) is 24.7. The first-order chi connectivity index (χ1) is 15.6. The molecule has 0 radical (unpaired) electrons. The number of anilines is 1. The van der Waals surface area contributed by atoms with Gasteiger partial charge in [-0.25, -0.2) is 4.39 Å². The lowest BCUT2D eigenvalue weighted by atomic mass is 9.74. The Balaban J connectivity index is 1.52. The summed E-state index contributed by atoms with van der Waals surface area (Å²) >= 11 is 0. The van der Waals surface area contributed by atoms with Gasteiger partial charge in [-0.05, 0) is 49.9 Å². The van der Waals surface area contributed by atoms with Crippen molar-refractivity contribution in [3.8, 4) is 0 Å². The quantitative estimate of drug-likeness (QED) is 0.500. The molecule has 0 aliphatic carbocycles. The fraction of sp³-hybridized carbons (Fsp3) is 0.545. The molecule has 9 nitrogen and oxygen atoms in total. The largest absolute Gasteiger partial charge is 0.552 e. The molecule has 2 amide bonds. The van der Waals surface area contributed by atoms with Crippen molar-refractivity contribution in [3.05, 3.63) is 30.1 Å². The number of halogens is 1. The standard InChI is InChI=1S/C22H29BFN3O6/c1-13(2)10-19(23-32-18(11-14(3)28)22(31)33-23)26-20(29)12-25-21(30)17-8-9-27(17)16-6-4-15(24)5-7-16/h4-7,13,17-19H,8-12H2,1-3H3,(H,25,30)(H,26,29). The summed E-state index contributed by atoms with van der Waals surface area (Å²) < 4.78 is 24.0. The molecule has 11 heteroatoms. The number of hydrogen-bond acceptors (Lipinski definition) is 7. The van der Waals surface area contributed by atoms with Gasteiger partial charge in [0.1, 0.15) is 23.7 Å². The number of nitrogens with zero attached hydrogens (tertiary/aromatic N) is 1. The average molecular weight is 461 g/mol. The van der Waals surface area contributed by atoms with E-state index in [1.165, 1.54) is 19.1 Å². The maximum Gasteiger partial charge on any atom is 0.552 e. The van der Waals surface area contributed by atoms with Gasteiger partial charge in [-0.15, -0.1) is 0 Å². The third-order valence-electron chi connectivity index (χ3n) is 5.57. The van der Waals surface area contributed by atoms with Gasteiger partial charge < -0.3 is 24.8 Å². The third kappa shape index (κ3) is 6.53. The van der Waals surface area contributed by atoms with Gasteiger partial charge in [-0.2, -0.15) is 0 Å². The Kier molecular flexibility index (Phi) is 8.07. The zero-order valence-corrected chi connectivity index (χ0v) is 19.0. The number of nitrogens with one attached hydrogen (secondary N) is 2. The molecule has 2 N–H and O–H groups in total. The molecule has 0 spiro atoms. The summed E-state index contributed by atoms with van der Waals surface area (Å²) in [6, 6.07) is 5.47. The van der Waals surface area contributed by atoms with Crippen molar-refractivity contribution in [2.45, 2.75) is 58.1 Å². The Hall–Kier alpha value is -2.95. The Morgan fingerprint density at radius 2 is 1.94 bits per heavy atom. The predicted molar refractivity (Wildman–Crippen MR) is 119 cm³/mol. The second-order valence-electron chi connectivity index (χ2n) is 8.83. The minimum absolute atomic E-state index is 0.0837. The number of amides is 2. The predicted octanol–water partition coefficient (Wildman–Crippen LogP) is 1.00. The van der Waals surface area contributed by atoms with Crippen molar-refractivity contribution in [3.63, 3.8) is 0 Å². The molecule has 0 aromatic heterocycles. The van der Waals surface area contributed by atoms with Crippen LogP contribution in [0, 0.1) is 11.7 Å². The van der Waals surface area contributed by atoms with Crippen LogP contribution in [0.25, 0.3) is 0 Å². The third-order valence-corrected chi connectivity index (χ3v) is 5.57. The van der Waals surface area contributed by atoms with Crippen molar-refractivity contribution >= 4 is 36.4 Å². The van der Waals surface area contributed by atoms with E-state index in [1.54, 1.807) is 12.1 Å². The fourth-order valence-corrected chi connectivity index (χ4v) is 3.90. The van der Waals surface area contributed by atoms with Gasteiger partial charge in [0.15, 0.2) is 0 Å². The number of ketones is 1. The van der Waals surface area contributed by atoms with Gasteiger partial charge in [0, 0.05) is 18.7 Å². The van der Waals surface area contributed by atoms with Crippen molar-refractivity contribution in [1.29, 1.82) is 0 Å². The molecular weight excluding hydrogens is 432 g/mol. The second-order valence-corrected chi connectivity index (χ2v) is 8.83. The summed E-state index contributed by atoms with van der Waals surface area (Å²) in [4.78, 5) is 50.2. The smallest absolute Gasteiger partial charge is 0.506 e. The molecule has 2 aliphatic rings. The molecule has 3 rings (SSSR count). The number of Topliss-reactive ketones (excluding diaryl/α,β-unsaturated/α-hetero) is 1. The van der Waals surface area contributed by atoms with Gasteiger partial charge in [0.2, 0.25) is 11.8 Å². The number of carbonyl (C=O) groups is 4. The summed E-state index contributed by atoms with van der Waals surface area (Å²) in [5, 5.41) is 5.40. The summed E-state index contributed by atoms with van der Waals surface area (Å²) in [5.74, 6) is -2.37. The van der Waals surface area contributed by atoms with E-state index < -0.39 is 37.1 Å². The van der Waals surface area contributed by atoms with E-state index in [9.17, 15) is 23.6 Å². The molecule has 33 heavy (non-hydrogen) atoms. The highest BCUT2D eigenvalue weighted by Gasteiger charge is 2.46. The van der Waals surface area contributed by atoms with E-state index in [0.29, 0.717) is 19.4 Å². The SMILES string of the molecule is CC(=O)CC1OB(C(CC(C)C)NC(=O)CNC(=O)C2CCN2c2ccc(F)cc2)OC1=O. The lowest BCUT2D eigenvalue weighted by Gasteiger charge is -2.41. The summed E-state index contributed by atoms with van der Waals surface area (Å²) in [5.41, 5.74) is 0.740. The van der Waals surface area contributed by atoms with E-state index in [1.807, 2.05) is 18.7 Å². The van der Waals surface area contributed by atoms with E-state index in [4.69, 9.17) is 9.31 Å². The molecule has 2 heterocycles. The molecule has 3 unspecified atom stereocenters. The Morgan fingerprint density at radius 3 is 2.52 bits per heavy atom. The van der Waals surface area contributed by atoms with Gasteiger partial charge in [-0.3, -0.25) is 19.2 Å². The van der Waals surface area contributed by atoms with Crippen molar-refractivity contribution < 1.29 is 32.9 Å². The van der Waals surface area contributed by atoms with Gasteiger partial charge >= 0.3 is 13.1 Å². The topological polar surface area (TPSA) is 114 Å². The molecule has 2 saturated heterocycles. The first-order valence-corrected chi connectivity index (χ1v) is 11.1. The highest BCUT2D eigenvalue weighted by atomic mass is 19.1. The minimum Gasteiger partial charge on any atom is -0.506 e. The van der Waals surface area contributed by atoms with Crippen LogP contribution in [-0.4, -0.2) is 61.9 Å². The fourth-order valence-electron chi connectivity index (χ4n) is 3.90. The van der Waals surface area contributed by atoms with Gasteiger partial charge in [0.05, 0.1) is 12.5 Å². The first-order valence-electron chi connectivity index (χ1n) is 11.1. The maximum absolute atomic E-state index is 13.1. The molecule has 0 bridgehead atoms. The van der Waals surface area contributed by atoms with Crippen LogP contribution in [0.3, 0.4) is 0 Å². The van der Waals surface area contributed by atoms with Crippen LogP contribution < -0.4 is 15.5 Å². The molecule has 2 aliphatic heterocycles. The molecule has 2 fully saturated rings. The molecule has 1 aromatic carbocycles.